The zero-order valence-electron chi connectivity index (χ0n) is 13.6. The zero-order chi connectivity index (χ0) is 15.4. The molecule has 0 fully saturated rings. The molecule has 0 heterocycles. The summed E-state index contributed by atoms with van der Waals surface area (Å²) in [4.78, 5) is 0. The van der Waals surface area contributed by atoms with Crippen LogP contribution in [-0.4, -0.2) is 21.3 Å². The van der Waals surface area contributed by atoms with E-state index in [0.717, 1.165) is 25.0 Å². The van der Waals surface area contributed by atoms with Gasteiger partial charge in [-0.05, 0) is 31.6 Å². The summed E-state index contributed by atoms with van der Waals surface area (Å²) in [5.41, 5.74) is 0. The van der Waals surface area contributed by atoms with Crippen LogP contribution < -0.4 is 0 Å². The van der Waals surface area contributed by atoms with Gasteiger partial charge in [0.05, 0.1) is 12.9 Å². The third kappa shape index (κ3) is 11.9. The molecule has 21 heavy (non-hydrogen) atoms. The fourth-order valence-corrected chi connectivity index (χ4v) is 3.31. The van der Waals surface area contributed by atoms with Crippen molar-refractivity contribution in [3.05, 3.63) is 12.2 Å². The second-order valence-electron chi connectivity index (χ2n) is 6.26. The summed E-state index contributed by atoms with van der Waals surface area (Å²) in [5, 5.41) is 0. The first kappa shape index (κ1) is 18.7. The van der Waals surface area contributed by atoms with Gasteiger partial charge in [0.25, 0.3) is 10.1 Å². The Morgan fingerprint density at radius 2 is 1.52 bits per heavy atom. The minimum absolute atomic E-state index is 0.342. The van der Waals surface area contributed by atoms with Gasteiger partial charge in [-0.1, -0.05) is 63.5 Å². The lowest BCUT2D eigenvalue weighted by atomic mass is 9.99. The van der Waals surface area contributed by atoms with E-state index in [0.29, 0.717) is 6.61 Å². The standard InChI is InChI=1S/C17H32O3S/c1-21(18,19)20-16-12-8-6-4-2-3-5-7-9-13-17-14-10-11-15-17/h10,14,17H,2-9,11-13,15-16H2,1H3/t17-/m0/s1. The van der Waals surface area contributed by atoms with Crippen molar-refractivity contribution in [1.29, 1.82) is 0 Å². The van der Waals surface area contributed by atoms with Crippen molar-refractivity contribution in [2.45, 2.75) is 77.0 Å². The lowest BCUT2D eigenvalue weighted by Gasteiger charge is -2.06. The molecule has 0 N–H and O–H groups in total. The predicted octanol–water partition coefficient (Wildman–Crippen LogP) is 4.83. The van der Waals surface area contributed by atoms with Gasteiger partial charge in [0.2, 0.25) is 0 Å². The van der Waals surface area contributed by atoms with Gasteiger partial charge in [0.1, 0.15) is 0 Å². The lowest BCUT2D eigenvalue weighted by Crippen LogP contribution is -2.03. The van der Waals surface area contributed by atoms with Crippen LogP contribution >= 0.6 is 0 Å². The largest absolute Gasteiger partial charge is 0.270 e. The van der Waals surface area contributed by atoms with Gasteiger partial charge in [0, 0.05) is 0 Å². The number of unbranched alkanes of at least 4 members (excludes halogenated alkanes) is 8. The first-order chi connectivity index (χ1) is 10.1. The smallest absolute Gasteiger partial charge is 0.264 e. The molecule has 4 heteroatoms. The Hall–Kier alpha value is -0.350. The van der Waals surface area contributed by atoms with E-state index in [1.807, 2.05) is 0 Å². The molecule has 0 unspecified atom stereocenters. The van der Waals surface area contributed by atoms with E-state index in [2.05, 4.69) is 12.2 Å². The molecule has 0 spiro atoms. The summed E-state index contributed by atoms with van der Waals surface area (Å²) in [6, 6.07) is 0. The number of hydrogen-bond acceptors (Lipinski definition) is 3. The van der Waals surface area contributed by atoms with Gasteiger partial charge in [-0.3, -0.25) is 4.18 Å². The van der Waals surface area contributed by atoms with Gasteiger partial charge >= 0.3 is 0 Å². The monoisotopic (exact) mass is 316 g/mol. The summed E-state index contributed by atoms with van der Waals surface area (Å²) < 4.78 is 26.2. The molecule has 1 atom stereocenters. The first-order valence-corrected chi connectivity index (χ1v) is 10.4. The summed E-state index contributed by atoms with van der Waals surface area (Å²) in [5.74, 6) is 0.874. The maximum atomic E-state index is 10.7. The normalized spacial score (nSPS) is 18.4. The fraction of sp³-hybridized carbons (Fsp3) is 0.882. The molecule has 0 aromatic carbocycles. The Balaban J connectivity index is 1.73. The molecule has 124 valence electrons. The Morgan fingerprint density at radius 3 is 2.05 bits per heavy atom. The molecular weight excluding hydrogens is 284 g/mol. The average molecular weight is 317 g/mol. The summed E-state index contributed by atoms with van der Waals surface area (Å²) in [6.07, 6.45) is 21.1. The Labute approximate surface area is 131 Å². The summed E-state index contributed by atoms with van der Waals surface area (Å²) in [7, 11) is -3.24. The van der Waals surface area contributed by atoms with Gasteiger partial charge in [0.15, 0.2) is 0 Å². The zero-order valence-corrected chi connectivity index (χ0v) is 14.4. The van der Waals surface area contributed by atoms with Crippen molar-refractivity contribution < 1.29 is 12.6 Å². The van der Waals surface area contributed by atoms with Crippen LogP contribution in [0.3, 0.4) is 0 Å². The van der Waals surface area contributed by atoms with E-state index >= 15 is 0 Å². The van der Waals surface area contributed by atoms with Crippen molar-refractivity contribution in [3.8, 4) is 0 Å². The molecule has 1 aliphatic carbocycles. The second-order valence-corrected chi connectivity index (χ2v) is 7.91. The number of hydrogen-bond donors (Lipinski definition) is 0. The maximum absolute atomic E-state index is 10.7. The van der Waals surface area contributed by atoms with Crippen LogP contribution in [0.5, 0.6) is 0 Å². The minimum atomic E-state index is -3.24. The van der Waals surface area contributed by atoms with Crippen LogP contribution in [-0.2, 0) is 14.3 Å². The molecule has 1 aliphatic rings. The van der Waals surface area contributed by atoms with Crippen molar-refractivity contribution in [2.24, 2.45) is 5.92 Å². The highest BCUT2D eigenvalue weighted by atomic mass is 32.2. The van der Waals surface area contributed by atoms with E-state index in [-0.39, 0.29) is 0 Å². The van der Waals surface area contributed by atoms with Crippen LogP contribution in [0.4, 0.5) is 0 Å². The van der Waals surface area contributed by atoms with E-state index < -0.39 is 10.1 Å². The molecule has 0 aliphatic heterocycles. The van der Waals surface area contributed by atoms with Gasteiger partial charge < -0.3 is 0 Å². The highest BCUT2D eigenvalue weighted by molar-refractivity contribution is 7.85. The molecule has 0 aromatic rings. The van der Waals surface area contributed by atoms with E-state index in [1.54, 1.807) is 0 Å². The maximum Gasteiger partial charge on any atom is 0.264 e. The van der Waals surface area contributed by atoms with Gasteiger partial charge in [-0.15, -0.1) is 0 Å². The Bertz CT molecular complexity index is 373. The van der Waals surface area contributed by atoms with Crippen LogP contribution in [0, 0.1) is 5.92 Å². The van der Waals surface area contributed by atoms with E-state index in [1.165, 1.54) is 64.2 Å². The number of allylic oxidation sites excluding steroid dienone is 2. The molecule has 0 saturated carbocycles. The van der Waals surface area contributed by atoms with Crippen LogP contribution in [0.25, 0.3) is 0 Å². The molecule has 1 rings (SSSR count). The summed E-state index contributed by atoms with van der Waals surface area (Å²) >= 11 is 0. The van der Waals surface area contributed by atoms with Crippen LogP contribution in [0.2, 0.25) is 0 Å². The van der Waals surface area contributed by atoms with Crippen molar-refractivity contribution in [3.63, 3.8) is 0 Å². The molecular formula is C17H32O3S. The van der Waals surface area contributed by atoms with Gasteiger partial charge in [-0.25, -0.2) is 0 Å². The van der Waals surface area contributed by atoms with Crippen molar-refractivity contribution >= 4 is 10.1 Å². The van der Waals surface area contributed by atoms with Crippen molar-refractivity contribution in [1.82, 2.24) is 0 Å². The topological polar surface area (TPSA) is 43.4 Å². The molecule has 3 nitrogen and oxygen atoms in total. The second kappa shape index (κ2) is 11.2. The molecule has 0 aromatic heterocycles. The van der Waals surface area contributed by atoms with E-state index in [4.69, 9.17) is 4.18 Å². The molecule has 0 radical (unpaired) electrons. The Morgan fingerprint density at radius 1 is 0.952 bits per heavy atom. The lowest BCUT2D eigenvalue weighted by molar-refractivity contribution is 0.309. The Kier molecular flexibility index (Phi) is 10.0. The molecule has 0 amide bonds. The predicted molar refractivity (Wildman–Crippen MR) is 88.8 cm³/mol. The number of rotatable bonds is 13. The first-order valence-electron chi connectivity index (χ1n) is 8.59. The summed E-state index contributed by atoms with van der Waals surface area (Å²) in [6.45, 7) is 0.342. The fourth-order valence-electron chi connectivity index (χ4n) is 2.89. The average Bonchev–Trinajstić information content (AvgIpc) is 2.92. The molecule has 0 saturated heterocycles. The quantitative estimate of drug-likeness (QED) is 0.278. The third-order valence-electron chi connectivity index (χ3n) is 4.13. The third-order valence-corrected chi connectivity index (χ3v) is 4.72. The highest BCUT2D eigenvalue weighted by Crippen LogP contribution is 2.23. The molecule has 0 bridgehead atoms. The van der Waals surface area contributed by atoms with Gasteiger partial charge in [-0.2, -0.15) is 8.42 Å². The minimum Gasteiger partial charge on any atom is -0.270 e. The van der Waals surface area contributed by atoms with Crippen LogP contribution in [0.15, 0.2) is 12.2 Å². The van der Waals surface area contributed by atoms with E-state index in [9.17, 15) is 8.42 Å². The SMILES string of the molecule is CS(=O)(=O)OCCCCCCCCCCC[C@H]1C=CCC1. The van der Waals surface area contributed by atoms with Crippen LogP contribution in [0.1, 0.15) is 77.0 Å². The highest BCUT2D eigenvalue weighted by Gasteiger charge is 2.07. The van der Waals surface area contributed by atoms with Crippen molar-refractivity contribution in [2.75, 3.05) is 12.9 Å².